The van der Waals surface area contributed by atoms with E-state index in [0.717, 1.165) is 17.7 Å². The van der Waals surface area contributed by atoms with Crippen LogP contribution in [0.4, 0.5) is 0 Å². The van der Waals surface area contributed by atoms with Gasteiger partial charge in [0.15, 0.2) is 0 Å². The number of esters is 1. The average Bonchev–Trinajstić information content (AvgIpc) is 2.46. The summed E-state index contributed by atoms with van der Waals surface area (Å²) in [5.41, 5.74) is 0.844. The summed E-state index contributed by atoms with van der Waals surface area (Å²) in [7, 11) is 0. The standard InChI is InChI=1S/C9H14O2S/c1-2-3-6-12-7-8-4-5-11-9(8)10/h7H,2-6H2,1H3/b8-7-. The van der Waals surface area contributed by atoms with Crippen LogP contribution in [0.1, 0.15) is 26.2 Å². The first-order chi connectivity index (χ1) is 5.84. The molecule has 1 fully saturated rings. The van der Waals surface area contributed by atoms with Gasteiger partial charge in [0, 0.05) is 12.0 Å². The van der Waals surface area contributed by atoms with Gasteiger partial charge < -0.3 is 4.74 Å². The molecule has 1 heterocycles. The van der Waals surface area contributed by atoms with Crippen LogP contribution in [0, 0.1) is 0 Å². The maximum atomic E-state index is 10.9. The predicted octanol–water partition coefficient (Wildman–Crippen LogP) is 2.35. The fourth-order valence-electron chi connectivity index (χ4n) is 0.943. The Balaban J connectivity index is 2.22. The molecule has 1 aliphatic heterocycles. The lowest BCUT2D eigenvalue weighted by Gasteiger charge is -1.93. The second kappa shape index (κ2) is 5.25. The van der Waals surface area contributed by atoms with Crippen LogP contribution in [0.5, 0.6) is 0 Å². The van der Waals surface area contributed by atoms with Crippen LogP contribution in [0.3, 0.4) is 0 Å². The monoisotopic (exact) mass is 186 g/mol. The Bertz CT molecular complexity index is 187. The molecule has 0 aromatic heterocycles. The molecule has 1 rings (SSSR count). The van der Waals surface area contributed by atoms with Crippen LogP contribution in [0.25, 0.3) is 0 Å². The third-order valence-electron chi connectivity index (χ3n) is 1.71. The quantitative estimate of drug-likeness (QED) is 0.383. The van der Waals surface area contributed by atoms with Crippen molar-refractivity contribution >= 4 is 17.7 Å². The second-order valence-electron chi connectivity index (χ2n) is 2.75. The van der Waals surface area contributed by atoms with Gasteiger partial charge in [-0.3, -0.25) is 0 Å². The van der Waals surface area contributed by atoms with Gasteiger partial charge in [-0.05, 0) is 17.6 Å². The van der Waals surface area contributed by atoms with Crippen LogP contribution in [-0.4, -0.2) is 18.3 Å². The lowest BCUT2D eigenvalue weighted by Crippen LogP contribution is -1.93. The van der Waals surface area contributed by atoms with Crippen molar-refractivity contribution in [1.82, 2.24) is 0 Å². The van der Waals surface area contributed by atoms with E-state index in [2.05, 4.69) is 6.92 Å². The van der Waals surface area contributed by atoms with Gasteiger partial charge in [-0.2, -0.15) is 0 Å². The highest BCUT2D eigenvalue weighted by Gasteiger charge is 2.17. The third kappa shape index (κ3) is 2.89. The van der Waals surface area contributed by atoms with Crippen molar-refractivity contribution in [3.05, 3.63) is 11.0 Å². The Kier molecular flexibility index (Phi) is 4.22. The first kappa shape index (κ1) is 9.65. The molecule has 0 radical (unpaired) electrons. The van der Waals surface area contributed by atoms with E-state index >= 15 is 0 Å². The van der Waals surface area contributed by atoms with Gasteiger partial charge in [0.05, 0.1) is 6.61 Å². The molecule has 12 heavy (non-hydrogen) atoms. The van der Waals surface area contributed by atoms with Crippen LogP contribution in [-0.2, 0) is 9.53 Å². The Morgan fingerprint density at radius 1 is 1.67 bits per heavy atom. The Morgan fingerprint density at radius 2 is 2.50 bits per heavy atom. The number of hydrogen-bond donors (Lipinski definition) is 0. The lowest BCUT2D eigenvalue weighted by molar-refractivity contribution is -0.135. The molecule has 0 unspecified atom stereocenters. The summed E-state index contributed by atoms with van der Waals surface area (Å²) in [4.78, 5) is 10.9. The molecule has 0 bridgehead atoms. The normalized spacial score (nSPS) is 20.1. The highest BCUT2D eigenvalue weighted by atomic mass is 32.2. The molecule has 0 aromatic carbocycles. The zero-order valence-electron chi connectivity index (χ0n) is 7.34. The first-order valence-electron chi connectivity index (χ1n) is 4.32. The van der Waals surface area contributed by atoms with Gasteiger partial charge in [-0.25, -0.2) is 4.79 Å². The van der Waals surface area contributed by atoms with Crippen molar-refractivity contribution in [2.24, 2.45) is 0 Å². The van der Waals surface area contributed by atoms with Gasteiger partial charge in [0.25, 0.3) is 0 Å². The highest BCUT2D eigenvalue weighted by molar-refractivity contribution is 8.02. The minimum Gasteiger partial charge on any atom is -0.462 e. The second-order valence-corrected chi connectivity index (χ2v) is 3.73. The predicted molar refractivity (Wildman–Crippen MR) is 51.0 cm³/mol. The summed E-state index contributed by atoms with van der Waals surface area (Å²) >= 11 is 1.72. The van der Waals surface area contributed by atoms with E-state index in [9.17, 15) is 4.79 Å². The fraction of sp³-hybridized carbons (Fsp3) is 0.667. The zero-order chi connectivity index (χ0) is 8.81. The van der Waals surface area contributed by atoms with Gasteiger partial charge in [0.1, 0.15) is 0 Å². The van der Waals surface area contributed by atoms with E-state index in [1.54, 1.807) is 11.8 Å². The van der Waals surface area contributed by atoms with E-state index < -0.39 is 0 Å². The van der Waals surface area contributed by atoms with Crippen LogP contribution < -0.4 is 0 Å². The number of cyclic esters (lactones) is 1. The minimum absolute atomic E-state index is 0.126. The third-order valence-corrected chi connectivity index (χ3v) is 2.68. The van der Waals surface area contributed by atoms with Gasteiger partial charge in [0.2, 0.25) is 0 Å². The largest absolute Gasteiger partial charge is 0.462 e. The fourth-order valence-corrected chi connectivity index (χ4v) is 1.93. The number of hydrogen-bond acceptors (Lipinski definition) is 3. The topological polar surface area (TPSA) is 26.3 Å². The summed E-state index contributed by atoms with van der Waals surface area (Å²) in [5.74, 6) is 0.979. The maximum Gasteiger partial charge on any atom is 0.334 e. The van der Waals surface area contributed by atoms with Crippen molar-refractivity contribution in [3.63, 3.8) is 0 Å². The van der Waals surface area contributed by atoms with E-state index in [1.165, 1.54) is 12.8 Å². The smallest absolute Gasteiger partial charge is 0.334 e. The Morgan fingerprint density at radius 3 is 3.08 bits per heavy atom. The molecule has 0 spiro atoms. The van der Waals surface area contributed by atoms with Crippen molar-refractivity contribution in [2.45, 2.75) is 26.2 Å². The molecular weight excluding hydrogens is 172 g/mol. The number of ether oxygens (including phenoxy) is 1. The number of unbranched alkanes of at least 4 members (excludes halogenated alkanes) is 1. The number of carbonyl (C=O) groups excluding carboxylic acids is 1. The van der Waals surface area contributed by atoms with Crippen molar-refractivity contribution in [3.8, 4) is 0 Å². The van der Waals surface area contributed by atoms with Crippen LogP contribution in [0.15, 0.2) is 11.0 Å². The maximum absolute atomic E-state index is 10.9. The highest BCUT2D eigenvalue weighted by Crippen LogP contribution is 2.18. The molecule has 68 valence electrons. The van der Waals surface area contributed by atoms with Crippen molar-refractivity contribution < 1.29 is 9.53 Å². The molecule has 0 aromatic rings. The molecule has 0 saturated carbocycles. The summed E-state index contributed by atoms with van der Waals surface area (Å²) in [6.07, 6.45) is 3.21. The number of carbonyl (C=O) groups is 1. The lowest BCUT2D eigenvalue weighted by atomic mass is 10.3. The molecular formula is C9H14O2S. The molecule has 0 aliphatic carbocycles. The molecule has 0 N–H and O–H groups in total. The molecule has 3 heteroatoms. The Labute approximate surface area is 77.4 Å². The van der Waals surface area contributed by atoms with Gasteiger partial charge >= 0.3 is 5.97 Å². The SMILES string of the molecule is CCCCS/C=C1/CCOC1=O. The first-order valence-corrected chi connectivity index (χ1v) is 5.37. The molecule has 1 aliphatic rings. The molecule has 2 nitrogen and oxygen atoms in total. The summed E-state index contributed by atoms with van der Waals surface area (Å²) in [6, 6.07) is 0. The van der Waals surface area contributed by atoms with E-state index in [4.69, 9.17) is 4.74 Å². The molecule has 0 atom stereocenters. The number of thioether (sulfide) groups is 1. The number of rotatable bonds is 4. The summed E-state index contributed by atoms with van der Waals surface area (Å²) in [5, 5.41) is 1.95. The summed E-state index contributed by atoms with van der Waals surface area (Å²) < 4.78 is 4.80. The van der Waals surface area contributed by atoms with Gasteiger partial charge in [-0.1, -0.05) is 13.3 Å². The van der Waals surface area contributed by atoms with Crippen molar-refractivity contribution in [1.29, 1.82) is 0 Å². The van der Waals surface area contributed by atoms with E-state index in [1.807, 2.05) is 5.41 Å². The summed E-state index contributed by atoms with van der Waals surface area (Å²) in [6.45, 7) is 2.73. The van der Waals surface area contributed by atoms with Crippen LogP contribution >= 0.6 is 11.8 Å². The zero-order valence-corrected chi connectivity index (χ0v) is 8.15. The van der Waals surface area contributed by atoms with Crippen LogP contribution in [0.2, 0.25) is 0 Å². The van der Waals surface area contributed by atoms with Crippen molar-refractivity contribution in [2.75, 3.05) is 12.4 Å². The molecule has 1 saturated heterocycles. The van der Waals surface area contributed by atoms with E-state index in [0.29, 0.717) is 6.61 Å². The average molecular weight is 186 g/mol. The Hall–Kier alpha value is -0.440. The minimum atomic E-state index is -0.126. The van der Waals surface area contributed by atoms with E-state index in [-0.39, 0.29) is 5.97 Å². The molecule has 0 amide bonds. The van der Waals surface area contributed by atoms with Gasteiger partial charge in [-0.15, -0.1) is 11.8 Å².